The third-order valence-electron chi connectivity index (χ3n) is 4.98. The Labute approximate surface area is 162 Å². The maximum atomic E-state index is 13.1. The predicted molar refractivity (Wildman–Crippen MR) is 101 cm³/mol. The number of rotatable bonds is 3. The van der Waals surface area contributed by atoms with Gasteiger partial charge in [-0.05, 0) is 49.2 Å². The quantitative estimate of drug-likeness (QED) is 0.883. The zero-order valence-electron chi connectivity index (χ0n) is 15.3. The van der Waals surface area contributed by atoms with E-state index in [1.807, 2.05) is 0 Å². The van der Waals surface area contributed by atoms with Gasteiger partial charge in [0.05, 0.1) is 5.92 Å². The van der Waals surface area contributed by atoms with Crippen molar-refractivity contribution < 1.29 is 23.5 Å². The lowest BCUT2D eigenvalue weighted by molar-refractivity contribution is -0.121. The number of piperidine rings is 1. The topological polar surface area (TPSA) is 67.9 Å². The number of carbonyl (C=O) groups excluding carboxylic acids is 2. The highest BCUT2D eigenvalue weighted by Gasteiger charge is 2.29. The number of benzene rings is 2. The van der Waals surface area contributed by atoms with E-state index in [0.717, 1.165) is 6.42 Å². The summed E-state index contributed by atoms with van der Waals surface area (Å²) in [5.74, 6) is 0.280. The first kappa shape index (κ1) is 18.3. The van der Waals surface area contributed by atoms with Crippen LogP contribution in [0.5, 0.6) is 11.5 Å². The first-order valence-corrected chi connectivity index (χ1v) is 9.35. The molecule has 1 N–H and O–H groups in total. The van der Waals surface area contributed by atoms with E-state index in [1.54, 1.807) is 23.1 Å². The zero-order chi connectivity index (χ0) is 19.5. The Kier molecular flexibility index (Phi) is 5.14. The second kappa shape index (κ2) is 7.88. The van der Waals surface area contributed by atoms with Crippen LogP contribution in [0.25, 0.3) is 0 Å². The summed E-state index contributed by atoms with van der Waals surface area (Å²) in [6, 6.07) is 10.8. The number of halogens is 1. The number of anilines is 1. The number of hydrogen-bond donors (Lipinski definition) is 1. The van der Waals surface area contributed by atoms with E-state index in [0.29, 0.717) is 55.5 Å². The van der Waals surface area contributed by atoms with E-state index in [9.17, 15) is 14.0 Å². The van der Waals surface area contributed by atoms with Gasteiger partial charge in [0.25, 0.3) is 5.91 Å². The SMILES string of the molecule is O=C(Nc1ccc2c(c1)OCCO2)C1CCCN(C(=O)c2ccc(F)cc2)C1. The summed E-state index contributed by atoms with van der Waals surface area (Å²) in [6.45, 7) is 1.92. The molecular weight excluding hydrogens is 363 g/mol. The first-order valence-electron chi connectivity index (χ1n) is 9.35. The molecule has 1 fully saturated rings. The van der Waals surface area contributed by atoms with Crippen LogP contribution >= 0.6 is 0 Å². The molecule has 2 aliphatic heterocycles. The van der Waals surface area contributed by atoms with Gasteiger partial charge in [-0.25, -0.2) is 4.39 Å². The van der Waals surface area contributed by atoms with Gasteiger partial charge in [0.15, 0.2) is 11.5 Å². The van der Waals surface area contributed by atoms with E-state index in [1.165, 1.54) is 24.3 Å². The highest BCUT2D eigenvalue weighted by molar-refractivity contribution is 5.96. The normalized spacial score (nSPS) is 18.5. The molecule has 1 saturated heterocycles. The van der Waals surface area contributed by atoms with Gasteiger partial charge in [-0.15, -0.1) is 0 Å². The molecule has 1 unspecified atom stereocenters. The van der Waals surface area contributed by atoms with Crippen molar-refractivity contribution in [3.05, 3.63) is 53.8 Å². The number of ether oxygens (including phenoxy) is 2. The van der Waals surface area contributed by atoms with Crippen molar-refractivity contribution in [1.82, 2.24) is 4.90 Å². The van der Waals surface area contributed by atoms with Crippen molar-refractivity contribution >= 4 is 17.5 Å². The maximum Gasteiger partial charge on any atom is 0.253 e. The Balaban J connectivity index is 1.40. The van der Waals surface area contributed by atoms with Crippen LogP contribution in [0.4, 0.5) is 10.1 Å². The highest BCUT2D eigenvalue weighted by Crippen LogP contribution is 2.33. The molecule has 2 amide bonds. The average molecular weight is 384 g/mol. The molecule has 0 spiro atoms. The Hall–Kier alpha value is -3.09. The molecule has 4 rings (SSSR count). The summed E-state index contributed by atoms with van der Waals surface area (Å²) in [7, 11) is 0. The summed E-state index contributed by atoms with van der Waals surface area (Å²) >= 11 is 0. The number of nitrogens with one attached hydrogen (secondary N) is 1. The number of likely N-dealkylation sites (tertiary alicyclic amines) is 1. The van der Waals surface area contributed by atoms with Gasteiger partial charge < -0.3 is 19.7 Å². The molecule has 6 nitrogen and oxygen atoms in total. The average Bonchev–Trinajstić information content (AvgIpc) is 2.74. The number of amides is 2. The molecule has 2 aromatic rings. The Morgan fingerprint density at radius 2 is 1.79 bits per heavy atom. The van der Waals surface area contributed by atoms with Crippen LogP contribution in [0.1, 0.15) is 23.2 Å². The molecule has 28 heavy (non-hydrogen) atoms. The first-order chi connectivity index (χ1) is 13.6. The molecule has 7 heteroatoms. The lowest BCUT2D eigenvalue weighted by atomic mass is 9.96. The molecule has 0 aromatic heterocycles. The minimum absolute atomic E-state index is 0.131. The third-order valence-corrected chi connectivity index (χ3v) is 4.98. The van der Waals surface area contributed by atoms with E-state index >= 15 is 0 Å². The van der Waals surface area contributed by atoms with Gasteiger partial charge >= 0.3 is 0 Å². The third kappa shape index (κ3) is 3.93. The number of fused-ring (bicyclic) bond motifs is 1. The molecule has 0 saturated carbocycles. The minimum atomic E-state index is -0.383. The fourth-order valence-electron chi connectivity index (χ4n) is 3.52. The number of hydrogen-bond acceptors (Lipinski definition) is 4. The zero-order valence-corrected chi connectivity index (χ0v) is 15.3. The fraction of sp³-hybridized carbons (Fsp3) is 0.333. The molecule has 0 bridgehead atoms. The molecule has 1 atom stereocenters. The van der Waals surface area contributed by atoms with Crippen LogP contribution in [-0.2, 0) is 4.79 Å². The number of nitrogens with zero attached hydrogens (tertiary/aromatic N) is 1. The van der Waals surface area contributed by atoms with Gasteiger partial charge in [0.2, 0.25) is 5.91 Å². The van der Waals surface area contributed by atoms with Crippen molar-refractivity contribution in [3.8, 4) is 11.5 Å². The van der Waals surface area contributed by atoms with Crippen LogP contribution in [-0.4, -0.2) is 43.0 Å². The summed E-state index contributed by atoms with van der Waals surface area (Å²) in [5.41, 5.74) is 1.06. The molecule has 2 aliphatic rings. The molecule has 0 radical (unpaired) electrons. The lowest BCUT2D eigenvalue weighted by Gasteiger charge is -2.32. The standard InChI is InChI=1S/C21H21FN2O4/c22-16-5-3-14(4-6-16)21(26)24-9-1-2-15(13-24)20(25)23-17-7-8-18-19(12-17)28-11-10-27-18/h3-8,12,15H,1-2,9-11,13H2,(H,23,25). The maximum absolute atomic E-state index is 13.1. The van der Waals surface area contributed by atoms with Crippen molar-refractivity contribution in [2.75, 3.05) is 31.6 Å². The summed E-state index contributed by atoms with van der Waals surface area (Å²) < 4.78 is 24.1. The van der Waals surface area contributed by atoms with E-state index in [2.05, 4.69) is 5.32 Å². The molecular formula is C21H21FN2O4. The molecule has 2 heterocycles. The van der Waals surface area contributed by atoms with Crippen molar-refractivity contribution in [3.63, 3.8) is 0 Å². The van der Waals surface area contributed by atoms with Gasteiger partial charge in [-0.3, -0.25) is 9.59 Å². The molecule has 2 aromatic carbocycles. The Bertz CT molecular complexity index is 884. The second-order valence-corrected chi connectivity index (χ2v) is 6.94. The van der Waals surface area contributed by atoms with Crippen LogP contribution in [0.15, 0.2) is 42.5 Å². The summed E-state index contributed by atoms with van der Waals surface area (Å²) in [6.07, 6.45) is 1.45. The van der Waals surface area contributed by atoms with Crippen molar-refractivity contribution in [2.45, 2.75) is 12.8 Å². The van der Waals surface area contributed by atoms with E-state index in [-0.39, 0.29) is 23.5 Å². The van der Waals surface area contributed by atoms with Gasteiger partial charge in [0, 0.05) is 30.4 Å². The summed E-state index contributed by atoms with van der Waals surface area (Å²) in [5, 5.41) is 2.91. The monoisotopic (exact) mass is 384 g/mol. The minimum Gasteiger partial charge on any atom is -0.486 e. The van der Waals surface area contributed by atoms with Crippen molar-refractivity contribution in [1.29, 1.82) is 0 Å². The predicted octanol–water partition coefficient (Wildman–Crippen LogP) is 3.09. The molecule has 146 valence electrons. The van der Waals surface area contributed by atoms with Gasteiger partial charge in [-0.2, -0.15) is 0 Å². The van der Waals surface area contributed by atoms with Crippen LogP contribution in [0.3, 0.4) is 0 Å². The van der Waals surface area contributed by atoms with Gasteiger partial charge in [-0.1, -0.05) is 0 Å². The van der Waals surface area contributed by atoms with E-state index in [4.69, 9.17) is 9.47 Å². The second-order valence-electron chi connectivity index (χ2n) is 6.94. The fourth-order valence-corrected chi connectivity index (χ4v) is 3.52. The molecule has 0 aliphatic carbocycles. The van der Waals surface area contributed by atoms with E-state index < -0.39 is 0 Å². The largest absolute Gasteiger partial charge is 0.486 e. The number of carbonyl (C=O) groups is 2. The Morgan fingerprint density at radius 3 is 2.57 bits per heavy atom. The Morgan fingerprint density at radius 1 is 1.04 bits per heavy atom. The summed E-state index contributed by atoms with van der Waals surface area (Å²) in [4.78, 5) is 27.0. The lowest BCUT2D eigenvalue weighted by Crippen LogP contribution is -2.43. The smallest absolute Gasteiger partial charge is 0.253 e. The van der Waals surface area contributed by atoms with Crippen molar-refractivity contribution in [2.24, 2.45) is 5.92 Å². The van der Waals surface area contributed by atoms with Crippen LogP contribution in [0.2, 0.25) is 0 Å². The van der Waals surface area contributed by atoms with Crippen LogP contribution < -0.4 is 14.8 Å². The highest BCUT2D eigenvalue weighted by atomic mass is 19.1. The van der Waals surface area contributed by atoms with Crippen LogP contribution in [0, 0.1) is 11.7 Å². The van der Waals surface area contributed by atoms with Gasteiger partial charge in [0.1, 0.15) is 19.0 Å².